The second kappa shape index (κ2) is 5.76. The Labute approximate surface area is 119 Å². The van der Waals surface area contributed by atoms with Crippen LogP contribution in [-0.4, -0.2) is 16.3 Å². The predicted octanol–water partition coefficient (Wildman–Crippen LogP) is 3.26. The van der Waals surface area contributed by atoms with Crippen molar-refractivity contribution in [1.82, 2.24) is 9.78 Å². The van der Waals surface area contributed by atoms with E-state index in [1.54, 1.807) is 0 Å². The smallest absolute Gasteiger partial charge is 0.0908 e. The maximum absolute atomic E-state index is 6.28. The average molecular weight is 278 g/mol. The highest BCUT2D eigenvalue weighted by molar-refractivity contribution is 6.31. The zero-order chi connectivity index (χ0) is 14.0. The maximum Gasteiger partial charge on any atom is 0.0908 e. The number of nitrogens with zero attached hydrogens (tertiary/aromatic N) is 2. The summed E-state index contributed by atoms with van der Waals surface area (Å²) in [5.41, 5.74) is 10.5. The first kappa shape index (κ1) is 14.1. The van der Waals surface area contributed by atoms with E-state index in [9.17, 15) is 0 Å². The van der Waals surface area contributed by atoms with Gasteiger partial charge in [0.2, 0.25) is 0 Å². The van der Waals surface area contributed by atoms with Crippen LogP contribution in [0.5, 0.6) is 0 Å². The topological polar surface area (TPSA) is 43.8 Å². The van der Waals surface area contributed by atoms with Gasteiger partial charge in [-0.1, -0.05) is 36.7 Å². The summed E-state index contributed by atoms with van der Waals surface area (Å²) >= 11 is 6.28. The van der Waals surface area contributed by atoms with Crippen LogP contribution in [0.15, 0.2) is 24.3 Å². The summed E-state index contributed by atoms with van der Waals surface area (Å²) in [6, 6.07) is 7.81. The van der Waals surface area contributed by atoms with Gasteiger partial charge in [-0.25, -0.2) is 0 Å². The molecular weight excluding hydrogens is 258 g/mol. The number of hydrogen-bond donors (Lipinski definition) is 1. The molecule has 0 spiro atoms. The standard InChI is InChI=1S/C15H20ClN3/c1-4-12-10(2)18-19(11(12)3)15(9-17)13-7-5-6-8-14(13)16/h5-8,15H,4,9,17H2,1-3H3. The molecule has 0 aliphatic heterocycles. The van der Waals surface area contributed by atoms with Gasteiger partial charge in [0.25, 0.3) is 0 Å². The molecule has 0 bridgehead atoms. The third-order valence-electron chi connectivity index (χ3n) is 3.61. The lowest BCUT2D eigenvalue weighted by Crippen LogP contribution is -2.23. The number of aryl methyl sites for hydroxylation is 1. The van der Waals surface area contributed by atoms with E-state index in [0.717, 1.165) is 22.7 Å². The van der Waals surface area contributed by atoms with Crippen LogP contribution in [0.3, 0.4) is 0 Å². The highest BCUT2D eigenvalue weighted by Gasteiger charge is 2.20. The minimum Gasteiger partial charge on any atom is -0.328 e. The van der Waals surface area contributed by atoms with Gasteiger partial charge in [-0.3, -0.25) is 4.68 Å². The first-order valence-electron chi connectivity index (χ1n) is 6.59. The van der Waals surface area contributed by atoms with E-state index in [2.05, 4.69) is 18.9 Å². The number of hydrogen-bond acceptors (Lipinski definition) is 2. The summed E-state index contributed by atoms with van der Waals surface area (Å²) in [6.07, 6.45) is 0.984. The molecule has 1 aromatic heterocycles. The van der Waals surface area contributed by atoms with Crippen molar-refractivity contribution in [2.24, 2.45) is 5.73 Å². The van der Waals surface area contributed by atoms with Gasteiger partial charge >= 0.3 is 0 Å². The van der Waals surface area contributed by atoms with E-state index in [4.69, 9.17) is 17.3 Å². The fourth-order valence-corrected chi connectivity index (χ4v) is 2.88. The number of benzene rings is 1. The molecule has 1 atom stereocenters. The lowest BCUT2D eigenvalue weighted by molar-refractivity contribution is 0.516. The molecule has 1 aromatic carbocycles. The van der Waals surface area contributed by atoms with E-state index in [0.29, 0.717) is 6.54 Å². The van der Waals surface area contributed by atoms with Crippen molar-refractivity contribution in [3.8, 4) is 0 Å². The molecule has 3 nitrogen and oxygen atoms in total. The molecular formula is C15H20ClN3. The molecule has 2 N–H and O–H groups in total. The Morgan fingerprint density at radius 1 is 1.32 bits per heavy atom. The van der Waals surface area contributed by atoms with Crippen LogP contribution in [0.25, 0.3) is 0 Å². The average Bonchev–Trinajstić information content (AvgIpc) is 2.68. The fourth-order valence-electron chi connectivity index (χ4n) is 2.62. The van der Waals surface area contributed by atoms with Gasteiger partial charge in [-0.05, 0) is 37.5 Å². The molecule has 1 unspecified atom stereocenters. The Morgan fingerprint density at radius 3 is 2.53 bits per heavy atom. The minimum absolute atomic E-state index is 0.00676. The van der Waals surface area contributed by atoms with Crippen molar-refractivity contribution in [3.63, 3.8) is 0 Å². The summed E-state index contributed by atoms with van der Waals surface area (Å²) in [4.78, 5) is 0. The normalized spacial score (nSPS) is 12.7. The van der Waals surface area contributed by atoms with E-state index in [1.807, 2.05) is 35.9 Å². The van der Waals surface area contributed by atoms with E-state index < -0.39 is 0 Å². The Balaban J connectivity index is 2.52. The molecule has 1 heterocycles. The summed E-state index contributed by atoms with van der Waals surface area (Å²) in [7, 11) is 0. The van der Waals surface area contributed by atoms with Crippen LogP contribution in [0.4, 0.5) is 0 Å². The van der Waals surface area contributed by atoms with Gasteiger partial charge in [0, 0.05) is 17.3 Å². The predicted molar refractivity (Wildman–Crippen MR) is 79.7 cm³/mol. The molecule has 0 fully saturated rings. The molecule has 2 rings (SSSR count). The van der Waals surface area contributed by atoms with Crippen molar-refractivity contribution < 1.29 is 0 Å². The number of nitrogens with two attached hydrogens (primary N) is 1. The van der Waals surface area contributed by atoms with Crippen molar-refractivity contribution in [2.45, 2.75) is 33.2 Å². The highest BCUT2D eigenvalue weighted by atomic mass is 35.5. The zero-order valence-electron chi connectivity index (χ0n) is 11.7. The van der Waals surface area contributed by atoms with Gasteiger partial charge < -0.3 is 5.73 Å². The quantitative estimate of drug-likeness (QED) is 0.932. The molecule has 4 heteroatoms. The van der Waals surface area contributed by atoms with E-state index in [1.165, 1.54) is 11.3 Å². The van der Waals surface area contributed by atoms with Crippen molar-refractivity contribution in [3.05, 3.63) is 51.8 Å². The summed E-state index contributed by atoms with van der Waals surface area (Å²) in [5, 5.41) is 5.39. The third-order valence-corrected chi connectivity index (χ3v) is 3.96. The monoisotopic (exact) mass is 277 g/mol. The van der Waals surface area contributed by atoms with Gasteiger partial charge in [-0.2, -0.15) is 5.10 Å². The largest absolute Gasteiger partial charge is 0.328 e. The molecule has 2 aromatic rings. The Hall–Kier alpha value is -1.32. The highest BCUT2D eigenvalue weighted by Crippen LogP contribution is 2.27. The van der Waals surface area contributed by atoms with Gasteiger partial charge in [0.15, 0.2) is 0 Å². The molecule has 0 radical (unpaired) electrons. The van der Waals surface area contributed by atoms with E-state index >= 15 is 0 Å². The Kier molecular flexibility index (Phi) is 4.27. The summed E-state index contributed by atoms with van der Waals surface area (Å²) < 4.78 is 2.01. The molecule has 0 saturated heterocycles. The Morgan fingerprint density at radius 2 is 2.00 bits per heavy atom. The van der Waals surface area contributed by atoms with E-state index in [-0.39, 0.29) is 6.04 Å². The summed E-state index contributed by atoms with van der Waals surface area (Å²) in [6.45, 7) is 6.77. The van der Waals surface area contributed by atoms with Crippen LogP contribution in [0.2, 0.25) is 5.02 Å². The van der Waals surface area contributed by atoms with Crippen molar-refractivity contribution in [1.29, 1.82) is 0 Å². The van der Waals surface area contributed by atoms with Gasteiger partial charge in [0.05, 0.1) is 11.7 Å². The van der Waals surface area contributed by atoms with Crippen LogP contribution >= 0.6 is 11.6 Å². The van der Waals surface area contributed by atoms with Gasteiger partial charge in [0.1, 0.15) is 0 Å². The second-order valence-electron chi connectivity index (χ2n) is 4.72. The first-order valence-corrected chi connectivity index (χ1v) is 6.97. The minimum atomic E-state index is -0.00676. The molecule has 0 aliphatic rings. The first-order chi connectivity index (χ1) is 9.10. The van der Waals surface area contributed by atoms with Crippen molar-refractivity contribution in [2.75, 3.05) is 6.54 Å². The molecule has 0 aliphatic carbocycles. The van der Waals surface area contributed by atoms with Crippen molar-refractivity contribution >= 4 is 11.6 Å². The second-order valence-corrected chi connectivity index (χ2v) is 5.13. The van der Waals surface area contributed by atoms with Crippen LogP contribution < -0.4 is 5.73 Å². The molecule has 19 heavy (non-hydrogen) atoms. The number of aromatic nitrogens is 2. The van der Waals surface area contributed by atoms with Crippen LogP contribution in [-0.2, 0) is 6.42 Å². The third kappa shape index (κ3) is 2.53. The lowest BCUT2D eigenvalue weighted by atomic mass is 10.1. The van der Waals surface area contributed by atoms with Gasteiger partial charge in [-0.15, -0.1) is 0 Å². The molecule has 102 valence electrons. The number of rotatable bonds is 4. The SMILES string of the molecule is CCc1c(C)nn(C(CN)c2ccccc2Cl)c1C. The van der Waals surface area contributed by atoms with Crippen LogP contribution in [0.1, 0.15) is 35.5 Å². The molecule has 0 amide bonds. The van der Waals surface area contributed by atoms with Crippen LogP contribution in [0, 0.1) is 13.8 Å². The maximum atomic E-state index is 6.28. The number of halogens is 1. The fraction of sp³-hybridized carbons (Fsp3) is 0.400. The Bertz CT molecular complexity index is 575. The zero-order valence-corrected chi connectivity index (χ0v) is 12.4. The molecule has 0 saturated carbocycles. The lowest BCUT2D eigenvalue weighted by Gasteiger charge is -2.19. The summed E-state index contributed by atoms with van der Waals surface area (Å²) in [5.74, 6) is 0.